The number of alkyl halides is 2. The molecule has 1 aromatic heterocycles. The standard InChI is InChI=1S/C18H19F2N3O3/c19-17(20)13-8-14(23-22-13)18(25)21-16(11-6-12(24)7-11)10-1-2-15-9(5-10)3-4-26-15/h1-2,5,8,11-12,16-17,24H,3-4,6-7H2,(H,21,25)(H,22,23)/t11?,12?,16-/m1/s1. The fraction of sp³-hybridized carbons (Fsp3) is 0.444. The quantitative estimate of drug-likeness (QED) is 0.762. The zero-order valence-corrected chi connectivity index (χ0v) is 13.9. The van der Waals surface area contributed by atoms with Gasteiger partial charge in [-0.1, -0.05) is 6.07 Å². The van der Waals surface area contributed by atoms with Crippen molar-refractivity contribution in [3.05, 3.63) is 46.8 Å². The lowest BCUT2D eigenvalue weighted by Gasteiger charge is -2.38. The highest BCUT2D eigenvalue weighted by molar-refractivity contribution is 5.92. The van der Waals surface area contributed by atoms with Crippen LogP contribution in [0.15, 0.2) is 24.3 Å². The zero-order chi connectivity index (χ0) is 18.3. The molecule has 0 unspecified atom stereocenters. The Hall–Kier alpha value is -2.48. The van der Waals surface area contributed by atoms with Crippen molar-refractivity contribution in [1.82, 2.24) is 15.5 Å². The first kappa shape index (κ1) is 17.0. The second-order valence-electron chi connectivity index (χ2n) is 6.81. The van der Waals surface area contributed by atoms with Crippen molar-refractivity contribution in [2.75, 3.05) is 6.61 Å². The molecule has 1 amide bonds. The van der Waals surface area contributed by atoms with Crippen LogP contribution in [0.3, 0.4) is 0 Å². The van der Waals surface area contributed by atoms with E-state index in [0.29, 0.717) is 19.4 Å². The number of hydrogen-bond acceptors (Lipinski definition) is 4. The van der Waals surface area contributed by atoms with Gasteiger partial charge in [-0.15, -0.1) is 0 Å². The third-order valence-electron chi connectivity index (χ3n) is 5.05. The van der Waals surface area contributed by atoms with Crippen LogP contribution in [0.5, 0.6) is 5.75 Å². The molecule has 2 aromatic rings. The lowest BCUT2D eigenvalue weighted by molar-refractivity contribution is 0.0234. The molecule has 2 heterocycles. The number of ether oxygens (including phenoxy) is 1. The summed E-state index contributed by atoms with van der Waals surface area (Å²) < 4.78 is 30.9. The summed E-state index contributed by atoms with van der Waals surface area (Å²) in [6.45, 7) is 0.641. The van der Waals surface area contributed by atoms with E-state index < -0.39 is 12.3 Å². The molecule has 1 fully saturated rings. The number of aliphatic hydroxyl groups is 1. The van der Waals surface area contributed by atoms with Gasteiger partial charge in [-0.3, -0.25) is 9.89 Å². The zero-order valence-electron chi connectivity index (χ0n) is 13.9. The van der Waals surface area contributed by atoms with Gasteiger partial charge in [0.15, 0.2) is 0 Å². The second kappa shape index (κ2) is 6.68. The Balaban J connectivity index is 1.56. The summed E-state index contributed by atoms with van der Waals surface area (Å²) in [4.78, 5) is 12.5. The van der Waals surface area contributed by atoms with Crippen molar-refractivity contribution in [2.24, 2.45) is 5.92 Å². The van der Waals surface area contributed by atoms with Crippen LogP contribution < -0.4 is 10.1 Å². The molecule has 1 aliphatic heterocycles. The highest BCUT2D eigenvalue weighted by atomic mass is 19.3. The SMILES string of the molecule is O=C(N[C@H](c1ccc2c(c1)CCO2)C1CC(O)C1)c1cc(C(F)F)[nH]n1. The number of nitrogens with zero attached hydrogens (tertiary/aromatic N) is 1. The molecule has 138 valence electrons. The number of halogens is 2. The molecule has 1 aliphatic carbocycles. The van der Waals surface area contributed by atoms with Gasteiger partial charge in [0.25, 0.3) is 12.3 Å². The average molecular weight is 363 g/mol. The number of H-pyrrole nitrogens is 1. The number of carbonyl (C=O) groups is 1. The highest BCUT2D eigenvalue weighted by Crippen LogP contribution is 2.40. The van der Waals surface area contributed by atoms with Gasteiger partial charge in [-0.05, 0) is 48.1 Å². The molecular formula is C18H19F2N3O3. The summed E-state index contributed by atoms with van der Waals surface area (Å²) in [5.74, 6) is 0.417. The molecule has 0 spiro atoms. The number of nitrogens with one attached hydrogen (secondary N) is 2. The van der Waals surface area contributed by atoms with Crippen LogP contribution in [-0.4, -0.2) is 33.9 Å². The van der Waals surface area contributed by atoms with E-state index >= 15 is 0 Å². The van der Waals surface area contributed by atoms with Gasteiger partial charge in [0.1, 0.15) is 17.1 Å². The molecule has 6 nitrogen and oxygen atoms in total. The van der Waals surface area contributed by atoms with Crippen LogP contribution in [0, 0.1) is 5.92 Å². The Bertz CT molecular complexity index is 818. The minimum atomic E-state index is -2.71. The lowest BCUT2D eigenvalue weighted by Crippen LogP contribution is -2.41. The van der Waals surface area contributed by atoms with E-state index in [9.17, 15) is 18.7 Å². The Morgan fingerprint density at radius 2 is 2.15 bits per heavy atom. The number of hydrogen-bond donors (Lipinski definition) is 3. The molecule has 0 radical (unpaired) electrons. The topological polar surface area (TPSA) is 87.2 Å². The number of amides is 1. The third kappa shape index (κ3) is 3.16. The molecule has 1 aromatic carbocycles. The van der Waals surface area contributed by atoms with Crippen molar-refractivity contribution in [3.63, 3.8) is 0 Å². The van der Waals surface area contributed by atoms with Crippen molar-refractivity contribution in [3.8, 4) is 5.75 Å². The van der Waals surface area contributed by atoms with Gasteiger partial charge in [-0.25, -0.2) is 8.78 Å². The number of fused-ring (bicyclic) bond motifs is 1. The maximum atomic E-state index is 12.7. The molecular weight excluding hydrogens is 344 g/mol. The van der Waals surface area contributed by atoms with Crippen LogP contribution in [-0.2, 0) is 6.42 Å². The largest absolute Gasteiger partial charge is 0.493 e. The predicted octanol–water partition coefficient (Wildman–Crippen LogP) is 2.52. The van der Waals surface area contributed by atoms with E-state index in [2.05, 4.69) is 15.5 Å². The van der Waals surface area contributed by atoms with E-state index in [1.165, 1.54) is 0 Å². The fourth-order valence-corrected chi connectivity index (χ4v) is 3.56. The molecule has 2 aliphatic rings. The van der Waals surface area contributed by atoms with Crippen molar-refractivity contribution < 1.29 is 23.4 Å². The fourth-order valence-electron chi connectivity index (χ4n) is 3.56. The Morgan fingerprint density at radius 1 is 1.35 bits per heavy atom. The van der Waals surface area contributed by atoms with Crippen LogP contribution in [0.4, 0.5) is 8.78 Å². The van der Waals surface area contributed by atoms with E-state index in [1.807, 2.05) is 18.2 Å². The molecule has 1 saturated carbocycles. The molecule has 4 rings (SSSR count). The number of carbonyl (C=O) groups excluding carboxylic acids is 1. The van der Waals surface area contributed by atoms with Gasteiger partial charge in [-0.2, -0.15) is 5.10 Å². The van der Waals surface area contributed by atoms with Crippen LogP contribution >= 0.6 is 0 Å². The third-order valence-corrected chi connectivity index (χ3v) is 5.05. The predicted molar refractivity (Wildman–Crippen MR) is 88.1 cm³/mol. The normalized spacial score (nSPS) is 22.5. The minimum Gasteiger partial charge on any atom is -0.493 e. The summed E-state index contributed by atoms with van der Waals surface area (Å²) in [6.07, 6.45) is -1.09. The summed E-state index contributed by atoms with van der Waals surface area (Å²) in [7, 11) is 0. The van der Waals surface area contributed by atoms with E-state index in [1.54, 1.807) is 0 Å². The molecule has 0 saturated heterocycles. The van der Waals surface area contributed by atoms with E-state index in [0.717, 1.165) is 29.4 Å². The summed E-state index contributed by atoms with van der Waals surface area (Å²) in [5.41, 5.74) is 1.54. The van der Waals surface area contributed by atoms with Gasteiger partial charge >= 0.3 is 0 Å². The lowest BCUT2D eigenvalue weighted by atomic mass is 9.75. The number of aromatic nitrogens is 2. The van der Waals surface area contributed by atoms with Crippen LogP contribution in [0.2, 0.25) is 0 Å². The summed E-state index contributed by atoms with van der Waals surface area (Å²) >= 11 is 0. The van der Waals surface area contributed by atoms with Crippen LogP contribution in [0.1, 0.15) is 52.6 Å². The molecule has 8 heteroatoms. The average Bonchev–Trinajstić information content (AvgIpc) is 3.25. The van der Waals surface area contributed by atoms with Gasteiger partial charge in [0.05, 0.1) is 18.8 Å². The minimum absolute atomic E-state index is 0.0744. The maximum Gasteiger partial charge on any atom is 0.279 e. The Kier molecular flexibility index (Phi) is 4.36. The van der Waals surface area contributed by atoms with Crippen molar-refractivity contribution in [1.29, 1.82) is 0 Å². The second-order valence-corrected chi connectivity index (χ2v) is 6.81. The number of aliphatic hydroxyl groups excluding tert-OH is 1. The highest BCUT2D eigenvalue weighted by Gasteiger charge is 2.36. The van der Waals surface area contributed by atoms with Crippen molar-refractivity contribution in [2.45, 2.75) is 37.8 Å². The first-order chi connectivity index (χ1) is 12.5. The number of aromatic amines is 1. The number of benzene rings is 1. The molecule has 0 bridgehead atoms. The Morgan fingerprint density at radius 3 is 2.85 bits per heavy atom. The van der Waals surface area contributed by atoms with Crippen LogP contribution in [0.25, 0.3) is 0 Å². The van der Waals surface area contributed by atoms with E-state index in [4.69, 9.17) is 4.74 Å². The smallest absolute Gasteiger partial charge is 0.279 e. The summed E-state index contributed by atoms with van der Waals surface area (Å²) in [5, 5.41) is 18.4. The number of rotatable bonds is 5. The maximum absolute atomic E-state index is 12.7. The van der Waals surface area contributed by atoms with Gasteiger partial charge in [0.2, 0.25) is 0 Å². The summed E-state index contributed by atoms with van der Waals surface area (Å²) in [6, 6.07) is 6.53. The monoisotopic (exact) mass is 363 g/mol. The van der Waals surface area contributed by atoms with Gasteiger partial charge in [0, 0.05) is 6.42 Å². The molecule has 3 N–H and O–H groups in total. The first-order valence-electron chi connectivity index (χ1n) is 8.59. The molecule has 1 atom stereocenters. The van der Waals surface area contributed by atoms with Crippen molar-refractivity contribution >= 4 is 5.91 Å². The van der Waals surface area contributed by atoms with Gasteiger partial charge < -0.3 is 15.2 Å². The molecule has 26 heavy (non-hydrogen) atoms. The first-order valence-corrected chi connectivity index (χ1v) is 8.59. The Labute approximate surface area is 148 Å². The van der Waals surface area contributed by atoms with E-state index in [-0.39, 0.29) is 29.5 Å².